The van der Waals surface area contributed by atoms with Crippen LogP contribution in [0.1, 0.15) is 39.2 Å². The molecule has 0 amide bonds. The molecule has 0 aliphatic heterocycles. The molecule has 1 aromatic carbocycles. The van der Waals surface area contributed by atoms with E-state index < -0.39 is 0 Å². The second-order valence-electron chi connectivity index (χ2n) is 4.87. The molecule has 19 heavy (non-hydrogen) atoms. The minimum Gasteiger partial charge on any atom is -0.314 e. The molecule has 0 aromatic heterocycles. The molecule has 0 saturated heterocycles. The zero-order chi connectivity index (χ0) is 14.3. The predicted molar refractivity (Wildman–Crippen MR) is 78.3 cm³/mol. The molecule has 1 aromatic rings. The molecule has 1 N–H and O–H groups in total. The molecule has 1 unspecified atom stereocenters. The summed E-state index contributed by atoms with van der Waals surface area (Å²) in [5, 5.41) is 14.2. The summed E-state index contributed by atoms with van der Waals surface area (Å²) in [5.41, 5.74) is 1.31. The van der Waals surface area contributed by atoms with E-state index >= 15 is 0 Å². The molecule has 0 spiro atoms. The molecule has 4 heteroatoms. The third-order valence-corrected chi connectivity index (χ3v) is 3.69. The SMILES string of the molecule is CCNC(Cc1ccc([N+](=O)[O-])cc1)C(CC)CC. The Hall–Kier alpha value is -1.42. The van der Waals surface area contributed by atoms with E-state index in [2.05, 4.69) is 26.1 Å². The second-order valence-corrected chi connectivity index (χ2v) is 4.87. The fourth-order valence-electron chi connectivity index (χ4n) is 2.53. The Morgan fingerprint density at radius 3 is 2.16 bits per heavy atom. The summed E-state index contributed by atoms with van der Waals surface area (Å²) in [6.45, 7) is 7.50. The highest BCUT2D eigenvalue weighted by molar-refractivity contribution is 5.33. The third kappa shape index (κ3) is 4.63. The standard InChI is InChI=1S/C15H24N2O2/c1-4-13(5-2)15(16-6-3)11-12-7-9-14(10-8-12)17(18)19/h7-10,13,15-16H,4-6,11H2,1-3H3. The predicted octanol–water partition coefficient (Wildman–Crippen LogP) is 3.55. The molecule has 4 nitrogen and oxygen atoms in total. The van der Waals surface area contributed by atoms with Crippen molar-refractivity contribution in [1.82, 2.24) is 5.32 Å². The maximum atomic E-state index is 10.6. The first-order valence-electron chi connectivity index (χ1n) is 7.09. The number of hydrogen-bond acceptors (Lipinski definition) is 3. The first-order chi connectivity index (χ1) is 9.12. The fraction of sp³-hybridized carbons (Fsp3) is 0.600. The molecule has 1 rings (SSSR count). The summed E-state index contributed by atoms with van der Waals surface area (Å²) in [6.07, 6.45) is 3.24. The fourth-order valence-corrected chi connectivity index (χ4v) is 2.53. The van der Waals surface area contributed by atoms with E-state index in [0.717, 1.165) is 31.4 Å². The lowest BCUT2D eigenvalue weighted by Gasteiger charge is -2.26. The lowest BCUT2D eigenvalue weighted by Crippen LogP contribution is -2.37. The minimum absolute atomic E-state index is 0.159. The number of likely N-dealkylation sites (N-methyl/N-ethyl adjacent to an activating group) is 1. The Balaban J connectivity index is 2.75. The van der Waals surface area contributed by atoms with Gasteiger partial charge in [0.1, 0.15) is 0 Å². The second kappa shape index (κ2) is 7.89. The number of non-ortho nitro benzene ring substituents is 1. The molecule has 0 bridgehead atoms. The summed E-state index contributed by atoms with van der Waals surface area (Å²) in [6, 6.07) is 7.35. The van der Waals surface area contributed by atoms with Gasteiger partial charge in [-0.05, 0) is 24.4 Å². The Bertz CT molecular complexity index is 386. The normalized spacial score (nSPS) is 12.6. The number of rotatable bonds is 8. The molecule has 0 aliphatic carbocycles. The van der Waals surface area contributed by atoms with Crippen LogP contribution in [0.25, 0.3) is 0 Å². The van der Waals surface area contributed by atoms with E-state index in [-0.39, 0.29) is 10.6 Å². The number of nitro benzene ring substituents is 1. The van der Waals surface area contributed by atoms with Crippen LogP contribution in [-0.4, -0.2) is 17.5 Å². The monoisotopic (exact) mass is 264 g/mol. The third-order valence-electron chi connectivity index (χ3n) is 3.69. The molecular formula is C15H24N2O2. The van der Waals surface area contributed by atoms with Gasteiger partial charge in [-0.2, -0.15) is 0 Å². The minimum atomic E-state index is -0.355. The van der Waals surface area contributed by atoms with Gasteiger partial charge in [-0.25, -0.2) is 0 Å². The average molecular weight is 264 g/mol. The first-order valence-corrected chi connectivity index (χ1v) is 7.09. The maximum absolute atomic E-state index is 10.6. The van der Waals surface area contributed by atoms with Crippen LogP contribution in [0.2, 0.25) is 0 Å². The molecule has 0 heterocycles. The molecule has 0 saturated carbocycles. The van der Waals surface area contributed by atoms with Gasteiger partial charge < -0.3 is 5.32 Å². The van der Waals surface area contributed by atoms with Crippen molar-refractivity contribution in [3.8, 4) is 0 Å². The zero-order valence-electron chi connectivity index (χ0n) is 12.1. The largest absolute Gasteiger partial charge is 0.314 e. The van der Waals surface area contributed by atoms with E-state index in [1.54, 1.807) is 12.1 Å². The summed E-state index contributed by atoms with van der Waals surface area (Å²) < 4.78 is 0. The topological polar surface area (TPSA) is 55.2 Å². The number of benzene rings is 1. The smallest absolute Gasteiger partial charge is 0.269 e. The highest BCUT2D eigenvalue weighted by Crippen LogP contribution is 2.19. The molecule has 0 fully saturated rings. The first kappa shape index (κ1) is 15.6. The summed E-state index contributed by atoms with van der Waals surface area (Å²) in [4.78, 5) is 10.3. The van der Waals surface area contributed by atoms with Gasteiger partial charge in [-0.3, -0.25) is 10.1 Å². The molecule has 106 valence electrons. The van der Waals surface area contributed by atoms with Crippen LogP contribution in [0.15, 0.2) is 24.3 Å². The van der Waals surface area contributed by atoms with Gasteiger partial charge in [-0.15, -0.1) is 0 Å². The lowest BCUT2D eigenvalue weighted by molar-refractivity contribution is -0.384. The van der Waals surface area contributed by atoms with Crippen molar-refractivity contribution in [2.24, 2.45) is 5.92 Å². The van der Waals surface area contributed by atoms with E-state index in [4.69, 9.17) is 0 Å². The summed E-state index contributed by atoms with van der Waals surface area (Å²) in [5.74, 6) is 0.648. The van der Waals surface area contributed by atoms with Gasteiger partial charge >= 0.3 is 0 Å². The Labute approximate surface area is 115 Å². The van der Waals surface area contributed by atoms with Crippen molar-refractivity contribution in [3.63, 3.8) is 0 Å². The van der Waals surface area contributed by atoms with Gasteiger partial charge in [-0.1, -0.05) is 45.7 Å². The highest BCUT2D eigenvalue weighted by Gasteiger charge is 2.18. The van der Waals surface area contributed by atoms with Crippen LogP contribution in [0.4, 0.5) is 5.69 Å². The zero-order valence-corrected chi connectivity index (χ0v) is 12.1. The van der Waals surface area contributed by atoms with Crippen molar-refractivity contribution in [2.75, 3.05) is 6.54 Å². The van der Waals surface area contributed by atoms with Crippen LogP contribution in [0.5, 0.6) is 0 Å². The Morgan fingerprint density at radius 2 is 1.74 bits per heavy atom. The van der Waals surface area contributed by atoms with Gasteiger partial charge in [0, 0.05) is 18.2 Å². The lowest BCUT2D eigenvalue weighted by atomic mass is 9.89. The van der Waals surface area contributed by atoms with Crippen molar-refractivity contribution in [2.45, 2.75) is 46.1 Å². The summed E-state index contributed by atoms with van der Waals surface area (Å²) in [7, 11) is 0. The van der Waals surface area contributed by atoms with E-state index in [1.165, 1.54) is 0 Å². The van der Waals surface area contributed by atoms with Crippen LogP contribution in [0.3, 0.4) is 0 Å². The van der Waals surface area contributed by atoms with Gasteiger partial charge in [0.15, 0.2) is 0 Å². The van der Waals surface area contributed by atoms with Crippen molar-refractivity contribution < 1.29 is 4.92 Å². The molecule has 0 radical (unpaired) electrons. The van der Waals surface area contributed by atoms with E-state index in [1.807, 2.05) is 12.1 Å². The number of nitrogens with zero attached hydrogens (tertiary/aromatic N) is 1. The van der Waals surface area contributed by atoms with Crippen LogP contribution in [0, 0.1) is 16.0 Å². The number of nitro groups is 1. The van der Waals surface area contributed by atoms with Crippen LogP contribution < -0.4 is 5.32 Å². The number of hydrogen-bond donors (Lipinski definition) is 1. The average Bonchev–Trinajstić information content (AvgIpc) is 2.41. The number of nitrogens with one attached hydrogen (secondary N) is 1. The van der Waals surface area contributed by atoms with Crippen molar-refractivity contribution >= 4 is 5.69 Å². The highest BCUT2D eigenvalue weighted by atomic mass is 16.6. The molecule has 1 atom stereocenters. The maximum Gasteiger partial charge on any atom is 0.269 e. The Kier molecular flexibility index (Phi) is 6.50. The van der Waals surface area contributed by atoms with Gasteiger partial charge in [0.25, 0.3) is 5.69 Å². The Morgan fingerprint density at radius 1 is 1.16 bits per heavy atom. The molecular weight excluding hydrogens is 240 g/mol. The van der Waals surface area contributed by atoms with Gasteiger partial charge in [0.2, 0.25) is 0 Å². The van der Waals surface area contributed by atoms with E-state index in [9.17, 15) is 10.1 Å². The van der Waals surface area contributed by atoms with Crippen molar-refractivity contribution in [1.29, 1.82) is 0 Å². The molecule has 0 aliphatic rings. The van der Waals surface area contributed by atoms with Gasteiger partial charge in [0.05, 0.1) is 4.92 Å². The summed E-state index contributed by atoms with van der Waals surface area (Å²) >= 11 is 0. The van der Waals surface area contributed by atoms with Crippen LogP contribution >= 0.6 is 0 Å². The van der Waals surface area contributed by atoms with Crippen LogP contribution in [-0.2, 0) is 6.42 Å². The van der Waals surface area contributed by atoms with Crippen molar-refractivity contribution in [3.05, 3.63) is 39.9 Å². The quantitative estimate of drug-likeness (QED) is 0.577. The van der Waals surface area contributed by atoms with E-state index in [0.29, 0.717) is 12.0 Å².